The molecule has 0 bridgehead atoms. The van der Waals surface area contributed by atoms with E-state index in [1.807, 2.05) is 36.4 Å². The van der Waals surface area contributed by atoms with Gasteiger partial charge >= 0.3 is 0 Å². The number of hydrogen-bond acceptors (Lipinski definition) is 3. The molecule has 0 unspecified atom stereocenters. The molecule has 1 atom stereocenters. The van der Waals surface area contributed by atoms with Crippen molar-refractivity contribution in [1.29, 1.82) is 0 Å². The number of rotatable bonds is 6. The zero-order chi connectivity index (χ0) is 14.7. The molecule has 3 nitrogen and oxygen atoms in total. The van der Waals surface area contributed by atoms with Crippen LogP contribution >= 0.6 is 11.6 Å². The largest absolute Gasteiger partial charge is 0.387 e. The molecule has 1 aliphatic carbocycles. The van der Waals surface area contributed by atoms with E-state index in [4.69, 9.17) is 11.6 Å². The summed E-state index contributed by atoms with van der Waals surface area (Å²) >= 11 is 6.20. The molecule has 0 radical (unpaired) electrons. The van der Waals surface area contributed by atoms with Crippen LogP contribution in [0.15, 0.2) is 48.8 Å². The van der Waals surface area contributed by atoms with Gasteiger partial charge in [0.1, 0.15) is 0 Å². The van der Waals surface area contributed by atoms with Crippen molar-refractivity contribution in [1.82, 2.24) is 9.88 Å². The normalized spacial score (nSPS) is 16.1. The molecule has 0 aliphatic heterocycles. The average Bonchev–Trinajstić information content (AvgIpc) is 3.34. The number of pyridine rings is 1. The van der Waals surface area contributed by atoms with Crippen molar-refractivity contribution in [3.8, 4) is 0 Å². The first-order chi connectivity index (χ1) is 10.2. The first kappa shape index (κ1) is 14.5. The second kappa shape index (κ2) is 6.56. The summed E-state index contributed by atoms with van der Waals surface area (Å²) < 4.78 is 0. The predicted molar refractivity (Wildman–Crippen MR) is 84.1 cm³/mol. The molecule has 110 valence electrons. The molecule has 21 heavy (non-hydrogen) atoms. The Hall–Kier alpha value is -1.42. The summed E-state index contributed by atoms with van der Waals surface area (Å²) in [6, 6.07) is 12.3. The van der Waals surface area contributed by atoms with Crippen LogP contribution < -0.4 is 0 Å². The minimum absolute atomic E-state index is 0.465. The zero-order valence-corrected chi connectivity index (χ0v) is 12.6. The van der Waals surface area contributed by atoms with E-state index in [-0.39, 0.29) is 0 Å². The lowest BCUT2D eigenvalue weighted by Crippen LogP contribution is -2.30. The van der Waals surface area contributed by atoms with Gasteiger partial charge in [-0.15, -0.1) is 0 Å². The molecule has 1 aromatic carbocycles. The lowest BCUT2D eigenvalue weighted by atomic mass is 10.1. The highest BCUT2D eigenvalue weighted by Gasteiger charge is 2.30. The van der Waals surface area contributed by atoms with Gasteiger partial charge in [0.15, 0.2) is 0 Å². The maximum atomic E-state index is 10.4. The molecular weight excluding hydrogens is 284 g/mol. The van der Waals surface area contributed by atoms with Gasteiger partial charge in [-0.3, -0.25) is 9.88 Å². The Balaban J connectivity index is 1.69. The van der Waals surface area contributed by atoms with Gasteiger partial charge in [-0.05, 0) is 30.0 Å². The molecule has 0 amide bonds. The Morgan fingerprint density at radius 3 is 2.67 bits per heavy atom. The second-order valence-corrected chi connectivity index (χ2v) is 5.96. The zero-order valence-electron chi connectivity index (χ0n) is 11.8. The van der Waals surface area contributed by atoms with Crippen LogP contribution in [-0.4, -0.2) is 27.6 Å². The highest BCUT2D eigenvalue weighted by molar-refractivity contribution is 6.31. The fourth-order valence-corrected chi connectivity index (χ4v) is 2.72. The van der Waals surface area contributed by atoms with Gasteiger partial charge < -0.3 is 5.11 Å². The van der Waals surface area contributed by atoms with Crippen LogP contribution in [0.5, 0.6) is 0 Å². The molecule has 1 fully saturated rings. The fraction of sp³-hybridized carbons (Fsp3) is 0.353. The van der Waals surface area contributed by atoms with Gasteiger partial charge in [-0.1, -0.05) is 41.9 Å². The molecule has 1 saturated carbocycles. The molecule has 1 aromatic heterocycles. The van der Waals surface area contributed by atoms with Crippen molar-refractivity contribution in [2.24, 2.45) is 0 Å². The second-order valence-electron chi connectivity index (χ2n) is 5.55. The van der Waals surface area contributed by atoms with Crippen molar-refractivity contribution < 1.29 is 5.11 Å². The fourth-order valence-electron chi connectivity index (χ4n) is 2.54. The average molecular weight is 303 g/mol. The summed E-state index contributed by atoms with van der Waals surface area (Å²) in [6.45, 7) is 1.39. The van der Waals surface area contributed by atoms with Crippen LogP contribution in [0.1, 0.15) is 30.1 Å². The molecule has 3 rings (SSSR count). The van der Waals surface area contributed by atoms with E-state index in [0.717, 1.165) is 17.7 Å². The quantitative estimate of drug-likeness (QED) is 0.888. The number of benzene rings is 1. The molecule has 1 N–H and O–H groups in total. The van der Waals surface area contributed by atoms with Gasteiger partial charge in [-0.25, -0.2) is 0 Å². The number of aromatic nitrogens is 1. The SMILES string of the molecule is O[C@H](CN(Cc1ccncc1Cl)C1CC1)c1ccccc1. The van der Waals surface area contributed by atoms with E-state index in [1.54, 1.807) is 12.4 Å². The lowest BCUT2D eigenvalue weighted by molar-refractivity contribution is 0.104. The maximum Gasteiger partial charge on any atom is 0.0917 e. The van der Waals surface area contributed by atoms with Crippen LogP contribution in [-0.2, 0) is 6.54 Å². The van der Waals surface area contributed by atoms with E-state index >= 15 is 0 Å². The van der Waals surface area contributed by atoms with E-state index in [1.165, 1.54) is 12.8 Å². The number of aliphatic hydroxyl groups is 1. The predicted octanol–water partition coefficient (Wildman–Crippen LogP) is 3.43. The Morgan fingerprint density at radius 2 is 2.00 bits per heavy atom. The highest BCUT2D eigenvalue weighted by atomic mass is 35.5. The van der Waals surface area contributed by atoms with Gasteiger partial charge in [0.25, 0.3) is 0 Å². The number of nitrogens with zero attached hydrogens (tertiary/aromatic N) is 2. The Kier molecular flexibility index (Phi) is 4.54. The molecule has 2 aromatic rings. The molecule has 1 heterocycles. The summed E-state index contributed by atoms with van der Waals surface area (Å²) in [5.41, 5.74) is 2.03. The maximum absolute atomic E-state index is 10.4. The standard InChI is InChI=1S/C17H19ClN2O/c18-16-10-19-9-8-14(16)11-20(15-6-7-15)12-17(21)13-4-2-1-3-5-13/h1-5,8-10,15,17,21H,6-7,11-12H2/t17-/m1/s1. The Bertz CT molecular complexity index is 586. The Labute approximate surface area is 130 Å². The van der Waals surface area contributed by atoms with E-state index in [0.29, 0.717) is 17.6 Å². The minimum Gasteiger partial charge on any atom is -0.387 e. The Morgan fingerprint density at radius 1 is 1.24 bits per heavy atom. The topological polar surface area (TPSA) is 36.4 Å². The van der Waals surface area contributed by atoms with Crippen molar-refractivity contribution >= 4 is 11.6 Å². The molecule has 0 spiro atoms. The first-order valence-electron chi connectivity index (χ1n) is 7.29. The van der Waals surface area contributed by atoms with Crippen LogP contribution in [0.2, 0.25) is 5.02 Å². The molecular formula is C17H19ClN2O. The third-order valence-corrected chi connectivity index (χ3v) is 4.23. The summed E-state index contributed by atoms with van der Waals surface area (Å²) in [6.07, 6.45) is 5.37. The molecule has 0 saturated heterocycles. The minimum atomic E-state index is -0.465. The van der Waals surface area contributed by atoms with Crippen molar-refractivity contribution in [3.05, 3.63) is 64.9 Å². The highest BCUT2D eigenvalue weighted by Crippen LogP contribution is 2.31. The number of aliphatic hydroxyl groups excluding tert-OH is 1. The third kappa shape index (κ3) is 3.82. The van der Waals surface area contributed by atoms with Crippen molar-refractivity contribution in [2.75, 3.05) is 6.54 Å². The smallest absolute Gasteiger partial charge is 0.0917 e. The van der Waals surface area contributed by atoms with Gasteiger partial charge in [0.05, 0.1) is 11.1 Å². The van der Waals surface area contributed by atoms with Crippen molar-refractivity contribution in [3.63, 3.8) is 0 Å². The van der Waals surface area contributed by atoms with Crippen LogP contribution in [0.4, 0.5) is 0 Å². The van der Waals surface area contributed by atoms with E-state index in [9.17, 15) is 5.11 Å². The van der Waals surface area contributed by atoms with E-state index < -0.39 is 6.10 Å². The summed E-state index contributed by atoms with van der Waals surface area (Å²) in [5, 5.41) is 11.1. The van der Waals surface area contributed by atoms with Gasteiger partial charge in [0, 0.05) is 31.5 Å². The first-order valence-corrected chi connectivity index (χ1v) is 7.67. The lowest BCUT2D eigenvalue weighted by Gasteiger charge is -2.25. The molecule has 1 aliphatic rings. The van der Waals surface area contributed by atoms with Gasteiger partial charge in [-0.2, -0.15) is 0 Å². The molecule has 4 heteroatoms. The number of hydrogen-bond donors (Lipinski definition) is 1. The van der Waals surface area contributed by atoms with E-state index in [2.05, 4.69) is 9.88 Å². The van der Waals surface area contributed by atoms with Crippen LogP contribution in [0.25, 0.3) is 0 Å². The van der Waals surface area contributed by atoms with Gasteiger partial charge in [0.2, 0.25) is 0 Å². The third-order valence-electron chi connectivity index (χ3n) is 3.88. The van der Waals surface area contributed by atoms with Crippen molar-refractivity contribution in [2.45, 2.75) is 31.5 Å². The van der Waals surface area contributed by atoms with Crippen LogP contribution in [0, 0.1) is 0 Å². The monoisotopic (exact) mass is 302 g/mol. The number of halogens is 1. The summed E-state index contributed by atoms with van der Waals surface area (Å²) in [5.74, 6) is 0. The van der Waals surface area contributed by atoms with Crippen LogP contribution in [0.3, 0.4) is 0 Å². The summed E-state index contributed by atoms with van der Waals surface area (Å²) in [7, 11) is 0. The summed E-state index contributed by atoms with van der Waals surface area (Å²) in [4.78, 5) is 6.34.